The Morgan fingerprint density at radius 2 is 1.39 bits per heavy atom. The van der Waals surface area contributed by atoms with Crippen LogP contribution < -0.4 is 10.2 Å². The number of carboxylic acids is 2. The van der Waals surface area contributed by atoms with Crippen molar-refractivity contribution in [3.8, 4) is 0 Å². The molecular formula is C14H12O4-2. The first-order chi connectivity index (χ1) is 8.27. The average molecular weight is 244 g/mol. The standard InChI is InChI=1S/C14H14O4/c1-7(2)9-5-6-10(13(15)16)12(14(17)18)11(9)8(3)4/h5-6H,1,3H2,2,4H3,(H,15,16)(H,17,18)/p-2. The number of allylic oxidation sites excluding steroid dienone is 2. The third-order valence-electron chi connectivity index (χ3n) is 2.52. The summed E-state index contributed by atoms with van der Waals surface area (Å²) < 4.78 is 0. The van der Waals surface area contributed by atoms with Crippen LogP contribution in [0.1, 0.15) is 45.7 Å². The van der Waals surface area contributed by atoms with E-state index in [1.807, 2.05) is 0 Å². The van der Waals surface area contributed by atoms with Gasteiger partial charge in [-0.1, -0.05) is 30.9 Å². The minimum absolute atomic E-state index is 0.226. The molecule has 4 nitrogen and oxygen atoms in total. The third-order valence-corrected chi connectivity index (χ3v) is 2.52. The van der Waals surface area contributed by atoms with Gasteiger partial charge in [-0.05, 0) is 30.5 Å². The maximum absolute atomic E-state index is 11.2. The van der Waals surface area contributed by atoms with Crippen molar-refractivity contribution in [3.63, 3.8) is 0 Å². The summed E-state index contributed by atoms with van der Waals surface area (Å²) in [6, 6.07) is 2.67. The highest BCUT2D eigenvalue weighted by atomic mass is 16.4. The Kier molecular flexibility index (Phi) is 3.71. The zero-order chi connectivity index (χ0) is 14.0. The van der Waals surface area contributed by atoms with E-state index in [-0.39, 0.29) is 5.56 Å². The van der Waals surface area contributed by atoms with E-state index in [9.17, 15) is 19.8 Å². The number of hydrogen-bond donors (Lipinski definition) is 0. The average Bonchev–Trinajstić information content (AvgIpc) is 2.26. The summed E-state index contributed by atoms with van der Waals surface area (Å²) in [5, 5.41) is 22.1. The van der Waals surface area contributed by atoms with Crippen molar-refractivity contribution < 1.29 is 19.8 Å². The molecule has 0 N–H and O–H groups in total. The Balaban J connectivity index is 3.82. The molecule has 0 unspecified atom stereocenters. The molecule has 4 heteroatoms. The molecular weight excluding hydrogens is 232 g/mol. The first-order valence-corrected chi connectivity index (χ1v) is 5.18. The highest BCUT2D eigenvalue weighted by Crippen LogP contribution is 2.29. The summed E-state index contributed by atoms with van der Waals surface area (Å²) in [6.07, 6.45) is 0. The number of aromatic carboxylic acids is 2. The van der Waals surface area contributed by atoms with Gasteiger partial charge in [0.15, 0.2) is 0 Å². The molecule has 1 aromatic carbocycles. The summed E-state index contributed by atoms with van der Waals surface area (Å²) in [7, 11) is 0. The van der Waals surface area contributed by atoms with Gasteiger partial charge in [-0.2, -0.15) is 0 Å². The van der Waals surface area contributed by atoms with E-state index in [1.165, 1.54) is 12.1 Å². The van der Waals surface area contributed by atoms with E-state index < -0.39 is 23.1 Å². The van der Waals surface area contributed by atoms with Crippen LogP contribution >= 0.6 is 0 Å². The van der Waals surface area contributed by atoms with Crippen LogP contribution in [0.3, 0.4) is 0 Å². The van der Waals surface area contributed by atoms with Crippen LogP contribution in [0, 0.1) is 0 Å². The lowest BCUT2D eigenvalue weighted by molar-refractivity contribution is -0.259. The summed E-state index contributed by atoms with van der Waals surface area (Å²) in [5.41, 5.74) is 0.965. The van der Waals surface area contributed by atoms with Crippen LogP contribution in [0.5, 0.6) is 0 Å². The number of hydrogen-bond acceptors (Lipinski definition) is 4. The number of carboxylic acid groups (broad SMARTS) is 2. The molecule has 0 fully saturated rings. The zero-order valence-electron chi connectivity index (χ0n) is 10.2. The lowest BCUT2D eigenvalue weighted by Crippen LogP contribution is -2.31. The molecule has 1 aromatic rings. The van der Waals surface area contributed by atoms with Crippen LogP contribution in [0.4, 0.5) is 0 Å². The van der Waals surface area contributed by atoms with Crippen LogP contribution in [0.25, 0.3) is 11.1 Å². The molecule has 18 heavy (non-hydrogen) atoms. The molecule has 0 aromatic heterocycles. The van der Waals surface area contributed by atoms with Gasteiger partial charge in [0.05, 0.1) is 11.9 Å². The topological polar surface area (TPSA) is 80.3 Å². The van der Waals surface area contributed by atoms with E-state index in [1.54, 1.807) is 13.8 Å². The second-order valence-electron chi connectivity index (χ2n) is 4.05. The number of benzene rings is 1. The number of rotatable bonds is 4. The maximum Gasteiger partial charge on any atom is 0.0728 e. The summed E-state index contributed by atoms with van der Waals surface area (Å²) in [4.78, 5) is 22.1. The van der Waals surface area contributed by atoms with Crippen molar-refractivity contribution in [3.05, 3.63) is 47.5 Å². The van der Waals surface area contributed by atoms with E-state index in [4.69, 9.17) is 0 Å². The molecule has 0 saturated heterocycles. The molecule has 0 heterocycles. The van der Waals surface area contributed by atoms with E-state index in [0.29, 0.717) is 16.7 Å². The minimum Gasteiger partial charge on any atom is -0.545 e. The van der Waals surface area contributed by atoms with Gasteiger partial charge in [0.25, 0.3) is 0 Å². The fraction of sp³-hybridized carbons (Fsp3) is 0.143. The molecule has 0 aliphatic rings. The molecule has 0 amide bonds. The molecule has 0 bridgehead atoms. The second-order valence-corrected chi connectivity index (χ2v) is 4.05. The highest BCUT2D eigenvalue weighted by molar-refractivity contribution is 6.05. The lowest BCUT2D eigenvalue weighted by atomic mass is 9.89. The highest BCUT2D eigenvalue weighted by Gasteiger charge is 2.15. The van der Waals surface area contributed by atoms with Gasteiger partial charge in [0.1, 0.15) is 0 Å². The fourth-order valence-electron chi connectivity index (χ4n) is 1.78. The first kappa shape index (κ1) is 13.7. The number of carbonyl (C=O) groups excluding carboxylic acids is 2. The van der Waals surface area contributed by atoms with Gasteiger partial charge in [0.2, 0.25) is 0 Å². The molecule has 1 rings (SSSR count). The van der Waals surface area contributed by atoms with Gasteiger partial charge in [0, 0.05) is 11.1 Å². The maximum atomic E-state index is 11.2. The van der Waals surface area contributed by atoms with Gasteiger partial charge < -0.3 is 19.8 Å². The van der Waals surface area contributed by atoms with Crippen LogP contribution in [0.2, 0.25) is 0 Å². The summed E-state index contributed by atoms with van der Waals surface area (Å²) in [5.74, 6) is -3.14. The Bertz CT molecular complexity index is 516. The minimum atomic E-state index is -1.57. The van der Waals surface area contributed by atoms with Gasteiger partial charge >= 0.3 is 0 Å². The third kappa shape index (κ3) is 2.32. The molecule has 0 atom stereocenters. The SMILES string of the molecule is C=C(C)c1ccc(C(=O)[O-])c(C(=O)[O-])c1C(=C)C. The van der Waals surface area contributed by atoms with Crippen molar-refractivity contribution in [1.29, 1.82) is 0 Å². The van der Waals surface area contributed by atoms with Gasteiger partial charge in [-0.25, -0.2) is 0 Å². The Morgan fingerprint density at radius 3 is 1.72 bits per heavy atom. The molecule has 0 aliphatic carbocycles. The van der Waals surface area contributed by atoms with Crippen molar-refractivity contribution in [1.82, 2.24) is 0 Å². The van der Waals surface area contributed by atoms with Crippen LogP contribution in [-0.2, 0) is 0 Å². The van der Waals surface area contributed by atoms with Crippen molar-refractivity contribution in [2.24, 2.45) is 0 Å². The summed E-state index contributed by atoms with van der Waals surface area (Å²) >= 11 is 0. The lowest BCUT2D eigenvalue weighted by Gasteiger charge is -2.20. The number of carbonyl (C=O) groups is 2. The van der Waals surface area contributed by atoms with Crippen LogP contribution in [-0.4, -0.2) is 11.9 Å². The largest absolute Gasteiger partial charge is 0.545 e. The van der Waals surface area contributed by atoms with Gasteiger partial charge in [-0.15, -0.1) is 0 Å². The predicted molar refractivity (Wildman–Crippen MR) is 64.5 cm³/mol. The Morgan fingerprint density at radius 1 is 0.889 bits per heavy atom. The first-order valence-electron chi connectivity index (χ1n) is 5.18. The fourth-order valence-corrected chi connectivity index (χ4v) is 1.78. The predicted octanol–water partition coefficient (Wildman–Crippen LogP) is 0.480. The van der Waals surface area contributed by atoms with E-state index in [0.717, 1.165) is 0 Å². The zero-order valence-corrected chi connectivity index (χ0v) is 10.2. The monoisotopic (exact) mass is 244 g/mol. The molecule has 0 saturated carbocycles. The smallest absolute Gasteiger partial charge is 0.0728 e. The molecule has 0 radical (unpaired) electrons. The van der Waals surface area contributed by atoms with Crippen molar-refractivity contribution >= 4 is 23.1 Å². The quantitative estimate of drug-likeness (QED) is 0.771. The molecule has 94 valence electrons. The normalized spacial score (nSPS) is 9.89. The van der Waals surface area contributed by atoms with E-state index >= 15 is 0 Å². The summed E-state index contributed by atoms with van der Waals surface area (Å²) in [6.45, 7) is 10.7. The van der Waals surface area contributed by atoms with Crippen molar-refractivity contribution in [2.75, 3.05) is 0 Å². The molecule has 0 spiro atoms. The Labute approximate surface area is 105 Å². The van der Waals surface area contributed by atoms with Crippen LogP contribution in [0.15, 0.2) is 25.3 Å². The second kappa shape index (κ2) is 4.87. The Hall–Kier alpha value is -2.36. The van der Waals surface area contributed by atoms with Crippen molar-refractivity contribution in [2.45, 2.75) is 13.8 Å². The molecule has 0 aliphatic heterocycles. The van der Waals surface area contributed by atoms with E-state index in [2.05, 4.69) is 13.2 Å². The van der Waals surface area contributed by atoms with Gasteiger partial charge in [-0.3, -0.25) is 0 Å².